The van der Waals surface area contributed by atoms with Crippen LogP contribution in [0.15, 0.2) is 0 Å². The summed E-state index contributed by atoms with van der Waals surface area (Å²) >= 11 is 0. The average Bonchev–Trinajstić information content (AvgIpc) is 2.35. The van der Waals surface area contributed by atoms with E-state index in [1.54, 1.807) is 0 Å². The topological polar surface area (TPSA) is 92.4 Å². The van der Waals surface area contributed by atoms with Gasteiger partial charge < -0.3 is 16.2 Å². The molecule has 0 saturated heterocycles. The monoisotopic (exact) mass is 268 g/mol. The minimum atomic E-state index is -0.683. The number of nitrogens with two attached hydrogens (primary N) is 1. The highest BCUT2D eigenvalue weighted by atomic mass is 16.4. The van der Waals surface area contributed by atoms with Gasteiger partial charge in [0.25, 0.3) is 0 Å². The highest BCUT2D eigenvalue weighted by Crippen LogP contribution is 2.32. The summed E-state index contributed by atoms with van der Waals surface area (Å²) in [6.45, 7) is 0.668. The van der Waals surface area contributed by atoms with Crippen LogP contribution in [0.4, 0.5) is 0 Å². The molecule has 1 amide bonds. The average molecular weight is 268 g/mol. The lowest BCUT2D eigenvalue weighted by atomic mass is 9.75. The summed E-state index contributed by atoms with van der Waals surface area (Å²) in [5.74, 6) is -0.399. The number of carboxylic acid groups (broad SMARTS) is 1. The van der Waals surface area contributed by atoms with Gasteiger partial charge in [0, 0.05) is 18.5 Å². The molecule has 4 N–H and O–H groups in total. The maximum atomic E-state index is 11.8. The van der Waals surface area contributed by atoms with Crippen LogP contribution >= 0.6 is 0 Å². The van der Waals surface area contributed by atoms with E-state index in [1.807, 2.05) is 0 Å². The van der Waals surface area contributed by atoms with E-state index >= 15 is 0 Å². The maximum absolute atomic E-state index is 11.8. The van der Waals surface area contributed by atoms with E-state index in [-0.39, 0.29) is 17.4 Å². The minimum Gasteiger partial charge on any atom is -0.481 e. The number of nitrogens with one attached hydrogen (secondary N) is 1. The molecule has 0 aromatic carbocycles. The normalized spacial score (nSPS) is 29.3. The summed E-state index contributed by atoms with van der Waals surface area (Å²) in [6.07, 6.45) is 6.71. The minimum absolute atomic E-state index is 0.0440. The van der Waals surface area contributed by atoms with Gasteiger partial charge in [0.05, 0.1) is 5.92 Å². The van der Waals surface area contributed by atoms with Gasteiger partial charge in [-0.15, -0.1) is 0 Å². The summed E-state index contributed by atoms with van der Waals surface area (Å²) in [5, 5.41) is 11.9. The van der Waals surface area contributed by atoms with Crippen LogP contribution in [0.3, 0.4) is 0 Å². The Morgan fingerprint density at radius 1 is 1.21 bits per heavy atom. The van der Waals surface area contributed by atoms with Crippen LogP contribution in [0.25, 0.3) is 0 Å². The number of carbonyl (C=O) groups is 2. The molecule has 0 aromatic heterocycles. The van der Waals surface area contributed by atoms with Crippen LogP contribution in [0.2, 0.25) is 0 Å². The van der Waals surface area contributed by atoms with Crippen LogP contribution in [0, 0.1) is 11.8 Å². The summed E-state index contributed by atoms with van der Waals surface area (Å²) in [6, 6.07) is 0. The van der Waals surface area contributed by atoms with Gasteiger partial charge in [-0.2, -0.15) is 0 Å². The Kier molecular flexibility index (Phi) is 4.45. The van der Waals surface area contributed by atoms with Gasteiger partial charge >= 0.3 is 5.97 Å². The van der Waals surface area contributed by atoms with Crippen molar-refractivity contribution in [3.8, 4) is 0 Å². The molecule has 0 unspecified atom stereocenters. The lowest BCUT2D eigenvalue weighted by Gasteiger charge is -2.37. The van der Waals surface area contributed by atoms with Crippen molar-refractivity contribution in [2.75, 3.05) is 6.54 Å². The molecule has 0 atom stereocenters. The number of rotatable bonds is 5. The smallest absolute Gasteiger partial charge is 0.306 e. The fourth-order valence-corrected chi connectivity index (χ4v) is 3.06. The van der Waals surface area contributed by atoms with E-state index in [1.165, 1.54) is 0 Å². The van der Waals surface area contributed by atoms with Crippen molar-refractivity contribution < 1.29 is 14.7 Å². The third-order valence-electron chi connectivity index (χ3n) is 4.65. The first-order valence-electron chi connectivity index (χ1n) is 7.27. The lowest BCUT2D eigenvalue weighted by molar-refractivity contribution is -0.143. The van der Waals surface area contributed by atoms with Crippen LogP contribution in [-0.2, 0) is 9.59 Å². The molecule has 2 fully saturated rings. The van der Waals surface area contributed by atoms with E-state index < -0.39 is 5.97 Å². The maximum Gasteiger partial charge on any atom is 0.306 e. The highest BCUT2D eigenvalue weighted by molar-refractivity contribution is 5.77. The number of amides is 1. The van der Waals surface area contributed by atoms with Crippen LogP contribution in [0.5, 0.6) is 0 Å². The van der Waals surface area contributed by atoms with Gasteiger partial charge in [-0.3, -0.25) is 9.59 Å². The molecular weight excluding hydrogens is 244 g/mol. The summed E-state index contributed by atoms with van der Waals surface area (Å²) in [4.78, 5) is 22.6. The first-order chi connectivity index (χ1) is 8.98. The van der Waals surface area contributed by atoms with Crippen molar-refractivity contribution in [3.05, 3.63) is 0 Å². The molecule has 5 nitrogen and oxygen atoms in total. The Balaban J connectivity index is 1.63. The molecule has 2 aliphatic carbocycles. The van der Waals surface area contributed by atoms with E-state index in [9.17, 15) is 9.59 Å². The van der Waals surface area contributed by atoms with Crippen molar-refractivity contribution in [2.24, 2.45) is 17.6 Å². The van der Waals surface area contributed by atoms with E-state index in [0.717, 1.165) is 44.9 Å². The molecule has 0 spiro atoms. The molecule has 0 aromatic rings. The Morgan fingerprint density at radius 2 is 1.84 bits per heavy atom. The van der Waals surface area contributed by atoms with Crippen molar-refractivity contribution in [1.29, 1.82) is 0 Å². The van der Waals surface area contributed by atoms with Gasteiger partial charge in [0.2, 0.25) is 5.91 Å². The largest absolute Gasteiger partial charge is 0.481 e. The second-order valence-electron chi connectivity index (χ2n) is 6.25. The molecule has 2 rings (SSSR count). The van der Waals surface area contributed by atoms with Gasteiger partial charge in [-0.25, -0.2) is 0 Å². The second kappa shape index (κ2) is 5.90. The Hall–Kier alpha value is -1.10. The Bertz CT molecular complexity index is 345. The van der Waals surface area contributed by atoms with Gasteiger partial charge in [0.1, 0.15) is 0 Å². The molecule has 0 radical (unpaired) electrons. The third kappa shape index (κ3) is 3.93. The zero-order valence-electron chi connectivity index (χ0n) is 11.4. The molecule has 0 aliphatic heterocycles. The number of carbonyl (C=O) groups excluding carboxylic acids is 1. The zero-order chi connectivity index (χ0) is 13.9. The lowest BCUT2D eigenvalue weighted by Crippen LogP contribution is -2.50. The molecule has 108 valence electrons. The quantitative estimate of drug-likeness (QED) is 0.700. The number of hydrogen-bond donors (Lipinski definition) is 3. The summed E-state index contributed by atoms with van der Waals surface area (Å²) in [7, 11) is 0. The zero-order valence-corrected chi connectivity index (χ0v) is 11.4. The van der Waals surface area contributed by atoms with Gasteiger partial charge in [-0.1, -0.05) is 0 Å². The molecule has 5 heteroatoms. The first kappa shape index (κ1) is 14.3. The Labute approximate surface area is 113 Å². The number of aliphatic carboxylic acids is 1. The fourth-order valence-electron chi connectivity index (χ4n) is 3.06. The van der Waals surface area contributed by atoms with Crippen molar-refractivity contribution >= 4 is 11.9 Å². The van der Waals surface area contributed by atoms with Gasteiger partial charge in [-0.05, 0) is 50.9 Å². The second-order valence-corrected chi connectivity index (χ2v) is 6.25. The number of carboxylic acids is 1. The van der Waals surface area contributed by atoms with E-state index in [0.29, 0.717) is 18.9 Å². The van der Waals surface area contributed by atoms with Crippen LogP contribution in [-0.4, -0.2) is 29.1 Å². The standard InChI is InChI=1S/C14H24N2O3/c15-14(6-1-7-14)8-12(17)16-9-10-2-4-11(5-3-10)13(18)19/h10-11H,1-9,15H2,(H,16,17)(H,18,19). The van der Waals surface area contributed by atoms with E-state index in [2.05, 4.69) is 5.32 Å². The highest BCUT2D eigenvalue weighted by Gasteiger charge is 2.34. The van der Waals surface area contributed by atoms with Crippen molar-refractivity contribution in [2.45, 2.75) is 56.9 Å². The van der Waals surface area contributed by atoms with Crippen LogP contribution in [0.1, 0.15) is 51.4 Å². The van der Waals surface area contributed by atoms with Crippen LogP contribution < -0.4 is 11.1 Å². The molecule has 0 bridgehead atoms. The molecule has 19 heavy (non-hydrogen) atoms. The predicted octanol–water partition coefficient (Wildman–Crippen LogP) is 1.27. The van der Waals surface area contributed by atoms with Crippen molar-refractivity contribution in [1.82, 2.24) is 5.32 Å². The molecule has 0 heterocycles. The summed E-state index contributed by atoms with van der Waals surface area (Å²) in [5.41, 5.74) is 5.78. The van der Waals surface area contributed by atoms with Crippen molar-refractivity contribution in [3.63, 3.8) is 0 Å². The molecule has 2 saturated carbocycles. The predicted molar refractivity (Wildman–Crippen MR) is 71.5 cm³/mol. The van der Waals surface area contributed by atoms with E-state index in [4.69, 9.17) is 10.8 Å². The Morgan fingerprint density at radius 3 is 2.32 bits per heavy atom. The number of hydrogen-bond acceptors (Lipinski definition) is 3. The summed E-state index contributed by atoms with van der Waals surface area (Å²) < 4.78 is 0. The fraction of sp³-hybridized carbons (Fsp3) is 0.857. The third-order valence-corrected chi connectivity index (χ3v) is 4.65. The van der Waals surface area contributed by atoms with Gasteiger partial charge in [0.15, 0.2) is 0 Å². The molecule has 2 aliphatic rings. The SMILES string of the molecule is NC1(CC(=O)NCC2CCC(C(=O)O)CC2)CCC1. The molecular formula is C14H24N2O3. The first-order valence-corrected chi connectivity index (χ1v) is 7.27.